The van der Waals surface area contributed by atoms with Gasteiger partial charge in [-0.1, -0.05) is 17.2 Å². The predicted molar refractivity (Wildman–Crippen MR) is 120 cm³/mol. The Morgan fingerprint density at radius 1 is 0.935 bits per heavy atom. The average molecular weight is 426 g/mol. The fourth-order valence-electron chi connectivity index (χ4n) is 3.88. The van der Waals surface area contributed by atoms with Gasteiger partial charge in [-0.15, -0.1) is 0 Å². The van der Waals surface area contributed by atoms with Crippen LogP contribution in [0.2, 0.25) is 0 Å². The molecule has 1 fully saturated rings. The van der Waals surface area contributed by atoms with E-state index in [0.717, 1.165) is 47.8 Å². The maximum atomic E-state index is 12.6. The largest absolute Gasteiger partial charge is 0.497 e. The molecule has 166 valence electrons. The van der Waals surface area contributed by atoms with Crippen molar-refractivity contribution in [1.82, 2.24) is 15.1 Å². The van der Waals surface area contributed by atoms with Gasteiger partial charge < -0.3 is 19.7 Å². The summed E-state index contributed by atoms with van der Waals surface area (Å²) in [6, 6.07) is 11.5. The smallest absolute Gasteiger partial charge is 0.251 e. The summed E-state index contributed by atoms with van der Waals surface area (Å²) in [6.07, 6.45) is 0. The van der Waals surface area contributed by atoms with Crippen LogP contribution in [0.15, 0.2) is 36.4 Å². The van der Waals surface area contributed by atoms with Crippen LogP contribution in [-0.4, -0.2) is 68.6 Å². The minimum Gasteiger partial charge on any atom is -0.497 e. The van der Waals surface area contributed by atoms with Crippen molar-refractivity contribution in [3.05, 3.63) is 58.7 Å². The molecule has 0 unspecified atom stereocenters. The zero-order valence-electron chi connectivity index (χ0n) is 18.7. The van der Waals surface area contributed by atoms with Gasteiger partial charge in [-0.3, -0.25) is 14.5 Å². The highest BCUT2D eigenvalue weighted by Crippen LogP contribution is 2.25. The van der Waals surface area contributed by atoms with E-state index in [1.54, 1.807) is 19.1 Å². The molecular weight excluding hydrogens is 394 g/mol. The number of ether oxygens (including phenoxy) is 2. The van der Waals surface area contributed by atoms with Gasteiger partial charge in [0.05, 0.1) is 20.8 Å². The van der Waals surface area contributed by atoms with E-state index in [1.807, 2.05) is 50.2 Å². The second-order valence-corrected chi connectivity index (χ2v) is 7.89. The van der Waals surface area contributed by atoms with Crippen molar-refractivity contribution < 1.29 is 19.1 Å². The Bertz CT molecular complexity index is 916. The number of carbonyl (C=O) groups is 2. The first kappa shape index (κ1) is 22.6. The van der Waals surface area contributed by atoms with E-state index < -0.39 is 0 Å². The predicted octanol–water partition coefficient (Wildman–Crippen LogP) is 2.39. The molecule has 0 aromatic heterocycles. The Balaban J connectivity index is 1.49. The van der Waals surface area contributed by atoms with E-state index in [1.165, 1.54) is 0 Å². The van der Waals surface area contributed by atoms with Crippen LogP contribution in [-0.2, 0) is 11.3 Å². The Morgan fingerprint density at radius 2 is 1.61 bits per heavy atom. The standard InChI is InChI=1S/C24H31N3O4/c1-17-11-18(2)13-19(12-17)24(29)25-15-23(28)27-9-7-26(8-10-27)16-20-14-21(30-3)5-6-22(20)31-4/h5-6,11-14H,7-10,15-16H2,1-4H3,(H,25,29). The highest BCUT2D eigenvalue weighted by molar-refractivity contribution is 5.96. The Labute approximate surface area is 183 Å². The number of piperazine rings is 1. The summed E-state index contributed by atoms with van der Waals surface area (Å²) < 4.78 is 10.8. The lowest BCUT2D eigenvalue weighted by molar-refractivity contribution is -0.131. The average Bonchev–Trinajstić information content (AvgIpc) is 2.77. The van der Waals surface area contributed by atoms with Gasteiger partial charge in [-0.05, 0) is 44.2 Å². The molecule has 1 aliphatic rings. The molecular formula is C24H31N3O4. The van der Waals surface area contributed by atoms with E-state index >= 15 is 0 Å². The van der Waals surface area contributed by atoms with Crippen molar-refractivity contribution in [2.24, 2.45) is 0 Å². The molecule has 0 spiro atoms. The van der Waals surface area contributed by atoms with Crippen LogP contribution in [0.5, 0.6) is 11.5 Å². The molecule has 0 atom stereocenters. The van der Waals surface area contributed by atoms with Gasteiger partial charge in [-0.2, -0.15) is 0 Å². The molecule has 1 aliphatic heterocycles. The highest BCUT2D eigenvalue weighted by atomic mass is 16.5. The van der Waals surface area contributed by atoms with Gasteiger partial charge in [0, 0.05) is 43.9 Å². The maximum Gasteiger partial charge on any atom is 0.251 e. The molecule has 1 saturated heterocycles. The summed E-state index contributed by atoms with van der Waals surface area (Å²) in [5.74, 6) is 1.35. The first-order valence-corrected chi connectivity index (χ1v) is 10.5. The summed E-state index contributed by atoms with van der Waals surface area (Å²) >= 11 is 0. The highest BCUT2D eigenvalue weighted by Gasteiger charge is 2.22. The van der Waals surface area contributed by atoms with Crippen LogP contribution in [0.4, 0.5) is 0 Å². The number of carbonyl (C=O) groups excluding carboxylic acids is 2. The summed E-state index contributed by atoms with van der Waals surface area (Å²) in [5.41, 5.74) is 3.70. The molecule has 0 radical (unpaired) electrons. The third-order valence-electron chi connectivity index (χ3n) is 5.49. The topological polar surface area (TPSA) is 71.1 Å². The van der Waals surface area contributed by atoms with Crippen molar-refractivity contribution in [3.63, 3.8) is 0 Å². The molecule has 2 aromatic carbocycles. The molecule has 7 nitrogen and oxygen atoms in total. The second kappa shape index (κ2) is 10.3. The van der Waals surface area contributed by atoms with Gasteiger partial charge in [0.1, 0.15) is 11.5 Å². The van der Waals surface area contributed by atoms with Crippen LogP contribution in [0.3, 0.4) is 0 Å². The third-order valence-corrected chi connectivity index (χ3v) is 5.49. The molecule has 0 aliphatic carbocycles. The monoisotopic (exact) mass is 425 g/mol. The molecule has 2 aromatic rings. The van der Waals surface area contributed by atoms with Crippen molar-refractivity contribution in [3.8, 4) is 11.5 Å². The van der Waals surface area contributed by atoms with E-state index in [2.05, 4.69) is 10.2 Å². The van der Waals surface area contributed by atoms with Crippen LogP contribution in [0.25, 0.3) is 0 Å². The molecule has 0 bridgehead atoms. The fourth-order valence-corrected chi connectivity index (χ4v) is 3.88. The van der Waals surface area contributed by atoms with Gasteiger partial charge in [0.2, 0.25) is 5.91 Å². The summed E-state index contributed by atoms with van der Waals surface area (Å²) in [6.45, 7) is 7.43. The molecule has 1 N–H and O–H groups in total. The third kappa shape index (κ3) is 5.98. The Morgan fingerprint density at radius 3 is 2.23 bits per heavy atom. The van der Waals surface area contributed by atoms with Crippen LogP contribution >= 0.6 is 0 Å². The fraction of sp³-hybridized carbons (Fsp3) is 0.417. The molecule has 7 heteroatoms. The summed E-state index contributed by atoms with van der Waals surface area (Å²) in [4.78, 5) is 29.1. The first-order valence-electron chi connectivity index (χ1n) is 10.5. The van der Waals surface area contributed by atoms with E-state index in [0.29, 0.717) is 18.7 Å². The molecule has 2 amide bonds. The number of hydrogen-bond donors (Lipinski definition) is 1. The van der Waals surface area contributed by atoms with Crippen molar-refractivity contribution in [1.29, 1.82) is 0 Å². The maximum absolute atomic E-state index is 12.6. The van der Waals surface area contributed by atoms with Gasteiger partial charge in [0.25, 0.3) is 5.91 Å². The zero-order valence-corrected chi connectivity index (χ0v) is 18.7. The van der Waals surface area contributed by atoms with E-state index in [9.17, 15) is 9.59 Å². The lowest BCUT2D eigenvalue weighted by Crippen LogP contribution is -2.50. The second-order valence-electron chi connectivity index (χ2n) is 7.89. The molecule has 31 heavy (non-hydrogen) atoms. The molecule has 1 heterocycles. The van der Waals surface area contributed by atoms with Crippen LogP contribution in [0.1, 0.15) is 27.0 Å². The van der Waals surface area contributed by atoms with Gasteiger partial charge in [-0.25, -0.2) is 0 Å². The van der Waals surface area contributed by atoms with Crippen molar-refractivity contribution in [2.45, 2.75) is 20.4 Å². The van der Waals surface area contributed by atoms with E-state index in [-0.39, 0.29) is 18.4 Å². The summed E-state index contributed by atoms with van der Waals surface area (Å²) in [5, 5.41) is 2.76. The van der Waals surface area contributed by atoms with Gasteiger partial charge >= 0.3 is 0 Å². The number of rotatable bonds is 7. The SMILES string of the molecule is COc1ccc(OC)c(CN2CCN(C(=O)CNC(=O)c3cc(C)cc(C)c3)CC2)c1. The lowest BCUT2D eigenvalue weighted by atomic mass is 10.1. The Kier molecular flexibility index (Phi) is 7.52. The van der Waals surface area contributed by atoms with Crippen molar-refractivity contribution in [2.75, 3.05) is 46.9 Å². The van der Waals surface area contributed by atoms with Crippen molar-refractivity contribution >= 4 is 11.8 Å². The van der Waals surface area contributed by atoms with Crippen LogP contribution < -0.4 is 14.8 Å². The van der Waals surface area contributed by atoms with Crippen LogP contribution in [0, 0.1) is 13.8 Å². The number of nitrogens with zero attached hydrogens (tertiary/aromatic N) is 2. The number of methoxy groups -OCH3 is 2. The number of benzene rings is 2. The normalized spacial score (nSPS) is 14.3. The number of aryl methyl sites for hydroxylation is 2. The lowest BCUT2D eigenvalue weighted by Gasteiger charge is -2.35. The van der Waals surface area contributed by atoms with Gasteiger partial charge in [0.15, 0.2) is 0 Å². The number of hydrogen-bond acceptors (Lipinski definition) is 5. The Hall–Kier alpha value is -3.06. The summed E-state index contributed by atoms with van der Waals surface area (Å²) in [7, 11) is 3.31. The van der Waals surface area contributed by atoms with E-state index in [4.69, 9.17) is 9.47 Å². The quantitative estimate of drug-likeness (QED) is 0.738. The zero-order chi connectivity index (χ0) is 22.4. The first-order chi connectivity index (χ1) is 14.9. The number of nitrogens with one attached hydrogen (secondary N) is 1. The molecule has 0 saturated carbocycles. The number of amides is 2. The molecule has 3 rings (SSSR count). The minimum atomic E-state index is -0.219. The minimum absolute atomic E-state index is 0.00945.